The van der Waals surface area contributed by atoms with Crippen molar-refractivity contribution in [3.63, 3.8) is 0 Å². The lowest BCUT2D eigenvalue weighted by Gasteiger charge is -2.27. The molecule has 0 spiro atoms. The second kappa shape index (κ2) is 5.87. The van der Waals surface area contributed by atoms with Gasteiger partial charge in [-0.05, 0) is 36.1 Å². The number of rotatable bonds is 4. The lowest BCUT2D eigenvalue weighted by molar-refractivity contribution is 0.282. The van der Waals surface area contributed by atoms with Gasteiger partial charge < -0.3 is 10.0 Å². The summed E-state index contributed by atoms with van der Waals surface area (Å²) in [4.78, 5) is 3.35. The molecule has 1 unspecified atom stereocenters. The minimum absolute atomic E-state index is 0.0425. The quantitative estimate of drug-likeness (QED) is 0.929. The lowest BCUT2D eigenvalue weighted by atomic mass is 10.1. The average molecular weight is 272 g/mol. The second-order valence-corrected chi connectivity index (χ2v) is 5.40. The zero-order valence-corrected chi connectivity index (χ0v) is 11.8. The Morgan fingerprint density at radius 1 is 1.42 bits per heavy atom. The van der Waals surface area contributed by atoms with E-state index in [-0.39, 0.29) is 12.6 Å². The van der Waals surface area contributed by atoms with E-state index in [1.807, 2.05) is 25.2 Å². The highest BCUT2D eigenvalue weighted by molar-refractivity contribution is 7.10. The van der Waals surface area contributed by atoms with E-state index < -0.39 is 0 Å². The van der Waals surface area contributed by atoms with Crippen LogP contribution in [0.5, 0.6) is 0 Å². The predicted octanol–water partition coefficient (Wildman–Crippen LogP) is 3.31. The molecule has 1 heterocycles. The molecule has 2 rings (SSSR count). The third-order valence-corrected chi connectivity index (χ3v) is 4.32. The van der Waals surface area contributed by atoms with Crippen LogP contribution in [0.2, 0.25) is 0 Å². The van der Waals surface area contributed by atoms with Crippen LogP contribution in [0.25, 0.3) is 0 Å². The molecule has 0 saturated heterocycles. The number of nitriles is 1. The molecule has 3 nitrogen and oxygen atoms in total. The van der Waals surface area contributed by atoms with Crippen LogP contribution in [-0.2, 0) is 6.61 Å². The Hall–Kier alpha value is -1.83. The fraction of sp³-hybridized carbons (Fsp3) is 0.267. The number of aliphatic hydroxyl groups excluding tert-OH is 1. The molecule has 1 atom stereocenters. The SMILES string of the molecule is CC(c1cccs1)N(C)c1ccc(CO)cc1C#N. The van der Waals surface area contributed by atoms with Crippen LogP contribution in [0.15, 0.2) is 35.7 Å². The van der Waals surface area contributed by atoms with Crippen molar-refractivity contribution in [1.29, 1.82) is 5.26 Å². The fourth-order valence-corrected chi connectivity index (χ4v) is 2.83. The number of nitrogens with zero attached hydrogens (tertiary/aromatic N) is 2. The summed E-state index contributed by atoms with van der Waals surface area (Å²) in [5.41, 5.74) is 2.25. The van der Waals surface area contributed by atoms with Gasteiger partial charge in [0.15, 0.2) is 0 Å². The van der Waals surface area contributed by atoms with Gasteiger partial charge in [0.2, 0.25) is 0 Å². The molecule has 0 bridgehead atoms. The highest BCUT2D eigenvalue weighted by atomic mass is 32.1. The predicted molar refractivity (Wildman–Crippen MR) is 78.2 cm³/mol. The molecular formula is C15H16N2OS. The zero-order valence-electron chi connectivity index (χ0n) is 11.0. The Kier molecular flexibility index (Phi) is 4.20. The van der Waals surface area contributed by atoms with Gasteiger partial charge in [-0.25, -0.2) is 0 Å². The summed E-state index contributed by atoms with van der Waals surface area (Å²) in [6, 6.07) is 12.0. The number of aliphatic hydroxyl groups is 1. The van der Waals surface area contributed by atoms with E-state index >= 15 is 0 Å². The number of thiophene rings is 1. The van der Waals surface area contributed by atoms with E-state index in [9.17, 15) is 5.26 Å². The summed E-state index contributed by atoms with van der Waals surface area (Å²) in [5.74, 6) is 0. The van der Waals surface area contributed by atoms with Crippen LogP contribution in [0.4, 0.5) is 5.69 Å². The number of anilines is 1. The Bertz CT molecular complexity index is 587. The minimum atomic E-state index is -0.0425. The molecule has 1 aromatic carbocycles. The molecule has 0 aliphatic heterocycles. The van der Waals surface area contributed by atoms with Crippen molar-refractivity contribution in [3.05, 3.63) is 51.7 Å². The van der Waals surface area contributed by atoms with Crippen LogP contribution < -0.4 is 4.90 Å². The molecule has 19 heavy (non-hydrogen) atoms. The molecule has 0 aliphatic rings. The first kappa shape index (κ1) is 13.6. The van der Waals surface area contributed by atoms with Gasteiger partial charge in [-0.1, -0.05) is 12.1 Å². The smallest absolute Gasteiger partial charge is 0.101 e. The minimum Gasteiger partial charge on any atom is -0.392 e. The molecular weight excluding hydrogens is 256 g/mol. The van der Waals surface area contributed by atoms with E-state index in [1.165, 1.54) is 4.88 Å². The average Bonchev–Trinajstić information content (AvgIpc) is 2.99. The summed E-state index contributed by atoms with van der Waals surface area (Å²) < 4.78 is 0. The Balaban J connectivity index is 2.33. The first-order valence-corrected chi connectivity index (χ1v) is 6.95. The Morgan fingerprint density at radius 2 is 2.21 bits per heavy atom. The normalized spacial score (nSPS) is 11.9. The Labute approximate surface area is 117 Å². The van der Waals surface area contributed by atoms with Crippen LogP contribution in [0, 0.1) is 11.3 Å². The molecule has 0 fully saturated rings. The van der Waals surface area contributed by atoms with Gasteiger partial charge in [-0.2, -0.15) is 5.26 Å². The highest BCUT2D eigenvalue weighted by Gasteiger charge is 2.16. The number of hydrogen-bond acceptors (Lipinski definition) is 4. The van der Waals surface area contributed by atoms with Gasteiger partial charge in [-0.3, -0.25) is 0 Å². The van der Waals surface area contributed by atoms with Gasteiger partial charge >= 0.3 is 0 Å². The van der Waals surface area contributed by atoms with Crippen LogP contribution >= 0.6 is 11.3 Å². The maximum absolute atomic E-state index is 9.24. The van der Waals surface area contributed by atoms with Crippen molar-refractivity contribution in [2.45, 2.75) is 19.6 Å². The zero-order chi connectivity index (χ0) is 13.8. The third-order valence-electron chi connectivity index (χ3n) is 3.28. The van der Waals surface area contributed by atoms with Gasteiger partial charge in [0.25, 0.3) is 0 Å². The molecule has 0 amide bonds. The summed E-state index contributed by atoms with van der Waals surface area (Å²) in [5, 5.41) is 20.4. The largest absolute Gasteiger partial charge is 0.392 e. The van der Waals surface area contributed by atoms with E-state index in [0.717, 1.165) is 11.3 Å². The first-order valence-electron chi connectivity index (χ1n) is 6.07. The van der Waals surface area contributed by atoms with Crippen molar-refractivity contribution in [2.24, 2.45) is 0 Å². The van der Waals surface area contributed by atoms with E-state index in [2.05, 4.69) is 29.3 Å². The molecule has 1 N–H and O–H groups in total. The van der Waals surface area contributed by atoms with Gasteiger partial charge in [0, 0.05) is 11.9 Å². The van der Waals surface area contributed by atoms with E-state index in [4.69, 9.17) is 5.11 Å². The second-order valence-electron chi connectivity index (χ2n) is 4.42. The number of benzene rings is 1. The summed E-state index contributed by atoms with van der Waals surface area (Å²) >= 11 is 1.71. The molecule has 2 aromatic rings. The molecule has 98 valence electrons. The van der Waals surface area contributed by atoms with Crippen LogP contribution in [0.1, 0.15) is 29.0 Å². The van der Waals surface area contributed by atoms with Crippen LogP contribution in [0.3, 0.4) is 0 Å². The summed E-state index contributed by atoms with van der Waals surface area (Å²) in [6.45, 7) is 2.08. The fourth-order valence-electron chi connectivity index (χ4n) is 2.01. The van der Waals surface area contributed by atoms with Crippen LogP contribution in [-0.4, -0.2) is 12.2 Å². The lowest BCUT2D eigenvalue weighted by Crippen LogP contribution is -2.21. The van der Waals surface area contributed by atoms with Crippen molar-refractivity contribution in [3.8, 4) is 6.07 Å². The van der Waals surface area contributed by atoms with Crippen molar-refractivity contribution >= 4 is 17.0 Å². The van der Waals surface area contributed by atoms with Crippen molar-refractivity contribution in [1.82, 2.24) is 0 Å². The first-order chi connectivity index (χ1) is 9.17. The topological polar surface area (TPSA) is 47.3 Å². The summed E-state index contributed by atoms with van der Waals surface area (Å²) in [7, 11) is 1.99. The maximum Gasteiger partial charge on any atom is 0.101 e. The van der Waals surface area contributed by atoms with Crippen molar-refractivity contribution in [2.75, 3.05) is 11.9 Å². The third kappa shape index (κ3) is 2.78. The Morgan fingerprint density at radius 3 is 2.79 bits per heavy atom. The van der Waals surface area contributed by atoms with Gasteiger partial charge in [0.05, 0.1) is 23.9 Å². The molecule has 4 heteroatoms. The summed E-state index contributed by atoms with van der Waals surface area (Å²) in [6.07, 6.45) is 0. The van der Waals surface area contributed by atoms with Crippen molar-refractivity contribution < 1.29 is 5.11 Å². The molecule has 0 saturated carbocycles. The molecule has 0 aliphatic carbocycles. The highest BCUT2D eigenvalue weighted by Crippen LogP contribution is 2.30. The number of hydrogen-bond donors (Lipinski definition) is 1. The van der Waals surface area contributed by atoms with E-state index in [0.29, 0.717) is 5.56 Å². The monoisotopic (exact) mass is 272 g/mol. The van der Waals surface area contributed by atoms with Gasteiger partial charge in [0.1, 0.15) is 6.07 Å². The molecule has 0 radical (unpaired) electrons. The standard InChI is InChI=1S/C15H16N2OS/c1-11(15-4-3-7-19-15)17(2)14-6-5-12(10-18)8-13(14)9-16/h3-8,11,18H,10H2,1-2H3. The van der Waals surface area contributed by atoms with E-state index in [1.54, 1.807) is 17.4 Å². The molecule has 1 aromatic heterocycles. The maximum atomic E-state index is 9.24. The van der Waals surface area contributed by atoms with Gasteiger partial charge in [-0.15, -0.1) is 11.3 Å².